The highest BCUT2D eigenvalue weighted by molar-refractivity contribution is 5.44. The Morgan fingerprint density at radius 3 is 2.47 bits per heavy atom. The first-order valence-corrected chi connectivity index (χ1v) is 9.18. The highest BCUT2D eigenvalue weighted by Gasteiger charge is 2.50. The molecule has 30 heavy (non-hydrogen) atoms. The lowest BCUT2D eigenvalue weighted by Gasteiger charge is -2.40. The molecule has 3 rings (SSSR count). The van der Waals surface area contributed by atoms with Crippen molar-refractivity contribution in [2.75, 3.05) is 26.9 Å². The van der Waals surface area contributed by atoms with E-state index in [4.69, 9.17) is 28.8 Å². The number of hydrogen-bond acceptors (Lipinski definition) is 12. The third kappa shape index (κ3) is 4.46. The van der Waals surface area contributed by atoms with Crippen LogP contribution in [0.15, 0.2) is 18.2 Å². The van der Waals surface area contributed by atoms with E-state index in [0.29, 0.717) is 0 Å². The molecule has 0 bridgehead atoms. The second kappa shape index (κ2) is 9.18. The standard InChI is InChI=1S/C18H26O12/c1-26-10-4-8(2-3-9(10)20)29-16-14(23)13(22)12(21)11(30-16)5-27-17-15(24)18(25,6-19)7-28-17/h2-4,11-17,19-25H,5-7H2,1H3/t11-,12-,13-,14-,15+,16-,17-,18?/m1/s1. The van der Waals surface area contributed by atoms with E-state index in [1.807, 2.05) is 0 Å². The fraction of sp³-hybridized carbons (Fsp3) is 0.667. The van der Waals surface area contributed by atoms with Crippen LogP contribution in [0.4, 0.5) is 0 Å². The van der Waals surface area contributed by atoms with Crippen LogP contribution < -0.4 is 9.47 Å². The number of aliphatic hydroxyl groups is 6. The van der Waals surface area contributed by atoms with Crippen LogP contribution in [-0.4, -0.2) is 111 Å². The summed E-state index contributed by atoms with van der Waals surface area (Å²) in [6, 6.07) is 4.03. The van der Waals surface area contributed by atoms with Crippen LogP contribution in [0.3, 0.4) is 0 Å². The molecule has 2 saturated heterocycles. The minimum atomic E-state index is -1.88. The molecule has 0 amide bonds. The first-order valence-electron chi connectivity index (χ1n) is 9.18. The zero-order chi connectivity index (χ0) is 22.1. The van der Waals surface area contributed by atoms with Crippen LogP contribution >= 0.6 is 0 Å². The van der Waals surface area contributed by atoms with Gasteiger partial charge in [0.05, 0.1) is 26.9 Å². The maximum absolute atomic E-state index is 10.2. The van der Waals surface area contributed by atoms with E-state index in [1.165, 1.54) is 25.3 Å². The summed E-state index contributed by atoms with van der Waals surface area (Å²) < 4.78 is 26.4. The maximum Gasteiger partial charge on any atom is 0.229 e. The van der Waals surface area contributed by atoms with E-state index in [2.05, 4.69) is 0 Å². The number of methoxy groups -OCH3 is 1. The number of rotatable bonds is 7. The molecule has 170 valence electrons. The average Bonchev–Trinajstić information content (AvgIpc) is 3.03. The molecule has 0 spiro atoms. The number of aromatic hydroxyl groups is 1. The molecule has 2 aliphatic rings. The Labute approximate surface area is 171 Å². The van der Waals surface area contributed by atoms with Gasteiger partial charge in [-0.25, -0.2) is 0 Å². The lowest BCUT2D eigenvalue weighted by molar-refractivity contribution is -0.289. The third-order valence-corrected chi connectivity index (χ3v) is 5.08. The molecular weight excluding hydrogens is 408 g/mol. The molecule has 2 aliphatic heterocycles. The zero-order valence-corrected chi connectivity index (χ0v) is 16.1. The summed E-state index contributed by atoms with van der Waals surface area (Å²) in [6.07, 6.45) is -10.2. The van der Waals surface area contributed by atoms with E-state index in [9.17, 15) is 30.6 Å². The van der Waals surface area contributed by atoms with Gasteiger partial charge in [-0.2, -0.15) is 0 Å². The molecule has 12 nitrogen and oxygen atoms in total. The van der Waals surface area contributed by atoms with E-state index >= 15 is 0 Å². The molecule has 0 aromatic heterocycles. The Kier molecular flexibility index (Phi) is 7.02. The minimum Gasteiger partial charge on any atom is -0.504 e. The van der Waals surface area contributed by atoms with Crippen LogP contribution in [0.5, 0.6) is 17.2 Å². The topological polar surface area (TPSA) is 188 Å². The highest BCUT2D eigenvalue weighted by atomic mass is 16.7. The van der Waals surface area contributed by atoms with Gasteiger partial charge in [-0.1, -0.05) is 0 Å². The molecule has 1 unspecified atom stereocenters. The highest BCUT2D eigenvalue weighted by Crippen LogP contribution is 2.32. The SMILES string of the molecule is COc1cc(O[C@@H]2O[C@H](CO[C@@H]3OCC(O)(CO)[C@H]3O)[C@@H](O)[C@@H](O)[C@H]2O)ccc1O. The lowest BCUT2D eigenvalue weighted by atomic mass is 9.99. The van der Waals surface area contributed by atoms with Gasteiger partial charge in [0.25, 0.3) is 0 Å². The number of ether oxygens (including phenoxy) is 5. The minimum absolute atomic E-state index is 0.113. The summed E-state index contributed by atoms with van der Waals surface area (Å²) >= 11 is 0. The Hall–Kier alpha value is -1.74. The molecule has 8 atom stereocenters. The van der Waals surface area contributed by atoms with Crippen LogP contribution in [0.2, 0.25) is 0 Å². The molecule has 0 radical (unpaired) electrons. The summed E-state index contributed by atoms with van der Waals surface area (Å²) in [4.78, 5) is 0. The summed E-state index contributed by atoms with van der Waals surface area (Å²) in [7, 11) is 1.34. The zero-order valence-electron chi connectivity index (χ0n) is 16.1. The van der Waals surface area contributed by atoms with Crippen molar-refractivity contribution >= 4 is 0 Å². The largest absolute Gasteiger partial charge is 0.504 e. The number of hydrogen-bond donors (Lipinski definition) is 7. The van der Waals surface area contributed by atoms with Crippen LogP contribution in [-0.2, 0) is 14.2 Å². The van der Waals surface area contributed by atoms with Crippen molar-refractivity contribution in [3.8, 4) is 17.2 Å². The van der Waals surface area contributed by atoms with Gasteiger partial charge in [-0.05, 0) is 12.1 Å². The van der Waals surface area contributed by atoms with Crippen molar-refractivity contribution < 1.29 is 59.4 Å². The number of phenols is 1. The molecule has 0 aliphatic carbocycles. The van der Waals surface area contributed by atoms with Gasteiger partial charge in [0.2, 0.25) is 6.29 Å². The second-order valence-corrected chi connectivity index (χ2v) is 7.19. The van der Waals surface area contributed by atoms with Crippen molar-refractivity contribution in [1.29, 1.82) is 0 Å². The second-order valence-electron chi connectivity index (χ2n) is 7.19. The molecule has 2 fully saturated rings. The fourth-order valence-electron chi connectivity index (χ4n) is 3.14. The average molecular weight is 434 g/mol. The monoisotopic (exact) mass is 434 g/mol. The molecule has 0 saturated carbocycles. The van der Waals surface area contributed by atoms with E-state index < -0.39 is 61.9 Å². The predicted molar refractivity (Wildman–Crippen MR) is 95.7 cm³/mol. The molecule has 1 aromatic rings. The fourth-order valence-corrected chi connectivity index (χ4v) is 3.14. The molecule has 7 N–H and O–H groups in total. The van der Waals surface area contributed by atoms with Crippen LogP contribution in [0, 0.1) is 0 Å². The van der Waals surface area contributed by atoms with Gasteiger partial charge in [-0.3, -0.25) is 0 Å². The third-order valence-electron chi connectivity index (χ3n) is 5.08. The van der Waals surface area contributed by atoms with Gasteiger partial charge in [-0.15, -0.1) is 0 Å². The van der Waals surface area contributed by atoms with Gasteiger partial charge in [0.15, 0.2) is 17.8 Å². The van der Waals surface area contributed by atoms with Crippen LogP contribution in [0.25, 0.3) is 0 Å². The normalized spacial score (nSPS) is 39.1. The van der Waals surface area contributed by atoms with Crippen molar-refractivity contribution in [2.24, 2.45) is 0 Å². The lowest BCUT2D eigenvalue weighted by Crippen LogP contribution is -2.60. The summed E-state index contributed by atoms with van der Waals surface area (Å²) in [5, 5.41) is 69.3. The van der Waals surface area contributed by atoms with Gasteiger partial charge in [0, 0.05) is 6.07 Å². The molecule has 1 aromatic carbocycles. The summed E-state index contributed by atoms with van der Waals surface area (Å²) in [5.41, 5.74) is -1.88. The van der Waals surface area contributed by atoms with Gasteiger partial charge >= 0.3 is 0 Å². The van der Waals surface area contributed by atoms with Crippen molar-refractivity contribution in [2.45, 2.75) is 48.7 Å². The molecule has 12 heteroatoms. The van der Waals surface area contributed by atoms with E-state index in [0.717, 1.165) is 0 Å². The van der Waals surface area contributed by atoms with Crippen molar-refractivity contribution in [3.63, 3.8) is 0 Å². The van der Waals surface area contributed by atoms with Gasteiger partial charge in [0.1, 0.15) is 41.9 Å². The predicted octanol–water partition coefficient (Wildman–Crippen LogP) is -2.96. The number of aliphatic hydroxyl groups excluding tert-OH is 5. The number of benzene rings is 1. The van der Waals surface area contributed by atoms with E-state index in [-0.39, 0.29) is 23.9 Å². The first-order chi connectivity index (χ1) is 14.2. The Bertz CT molecular complexity index is 716. The Balaban J connectivity index is 1.65. The molecular formula is C18H26O12. The van der Waals surface area contributed by atoms with E-state index in [1.54, 1.807) is 0 Å². The van der Waals surface area contributed by atoms with Crippen molar-refractivity contribution in [1.82, 2.24) is 0 Å². The quantitative estimate of drug-likeness (QED) is 0.231. The van der Waals surface area contributed by atoms with Crippen LogP contribution in [0.1, 0.15) is 0 Å². The smallest absolute Gasteiger partial charge is 0.229 e. The molecule has 2 heterocycles. The Morgan fingerprint density at radius 2 is 1.83 bits per heavy atom. The maximum atomic E-state index is 10.2. The first kappa shape index (κ1) is 22.9. The van der Waals surface area contributed by atoms with Gasteiger partial charge < -0.3 is 59.4 Å². The Morgan fingerprint density at radius 1 is 1.10 bits per heavy atom. The number of phenolic OH excluding ortho intramolecular Hbond substituents is 1. The van der Waals surface area contributed by atoms with Crippen molar-refractivity contribution in [3.05, 3.63) is 18.2 Å². The summed E-state index contributed by atoms with van der Waals surface area (Å²) in [5.74, 6) is 0.135. The summed E-state index contributed by atoms with van der Waals surface area (Å²) in [6.45, 7) is -1.50.